The minimum absolute atomic E-state index is 0.273. The number of nitrogens with zero attached hydrogens (tertiary/aromatic N) is 3. The third-order valence-corrected chi connectivity index (χ3v) is 2.94. The Morgan fingerprint density at radius 1 is 1.41 bits per heavy atom. The van der Waals surface area contributed by atoms with Gasteiger partial charge in [0, 0.05) is 32.3 Å². The largest absolute Gasteiger partial charge is 0.429 e. The summed E-state index contributed by atoms with van der Waals surface area (Å²) in [7, 11) is 0. The monoisotopic (exact) mass is 230 g/mol. The Labute approximate surface area is 99.3 Å². The first-order valence-electron chi connectivity index (χ1n) is 5.67. The van der Waals surface area contributed by atoms with E-state index in [4.69, 9.17) is 10.2 Å². The molecule has 2 N–H and O–H groups in total. The van der Waals surface area contributed by atoms with Crippen LogP contribution in [0.3, 0.4) is 0 Å². The number of pyridine rings is 1. The Hall–Kier alpha value is -1.88. The molecule has 0 unspecified atom stereocenters. The maximum Gasteiger partial charge on any atom is 0.292 e. The number of rotatable bonds is 2. The van der Waals surface area contributed by atoms with Crippen LogP contribution in [0.15, 0.2) is 28.8 Å². The van der Waals surface area contributed by atoms with Crippen LogP contribution in [0.5, 0.6) is 0 Å². The molecule has 3 heterocycles. The fraction of sp³-hybridized carbons (Fsp3) is 0.333. The van der Waals surface area contributed by atoms with Gasteiger partial charge in [-0.15, -0.1) is 0 Å². The molecule has 88 valence electrons. The molecule has 5 nitrogen and oxygen atoms in total. The molecule has 3 rings (SSSR count). The van der Waals surface area contributed by atoms with Gasteiger partial charge in [0.2, 0.25) is 0 Å². The van der Waals surface area contributed by atoms with Gasteiger partial charge in [-0.25, -0.2) is 0 Å². The van der Waals surface area contributed by atoms with E-state index in [-0.39, 0.29) is 6.01 Å². The van der Waals surface area contributed by atoms with Crippen molar-refractivity contribution in [3.8, 4) is 0 Å². The minimum Gasteiger partial charge on any atom is -0.429 e. The maximum absolute atomic E-state index is 5.55. The van der Waals surface area contributed by atoms with E-state index in [1.807, 2.05) is 24.4 Å². The maximum atomic E-state index is 5.55. The smallest absolute Gasteiger partial charge is 0.292 e. The lowest BCUT2D eigenvalue weighted by atomic mass is 10.1. The highest BCUT2D eigenvalue weighted by Crippen LogP contribution is 2.21. The van der Waals surface area contributed by atoms with Gasteiger partial charge in [0.15, 0.2) is 0 Å². The van der Waals surface area contributed by atoms with E-state index < -0.39 is 0 Å². The summed E-state index contributed by atoms with van der Waals surface area (Å²) in [5, 5.41) is 0. The quantitative estimate of drug-likeness (QED) is 0.839. The Kier molecular flexibility index (Phi) is 2.53. The van der Waals surface area contributed by atoms with Crippen molar-refractivity contribution in [2.24, 2.45) is 0 Å². The highest BCUT2D eigenvalue weighted by Gasteiger charge is 2.21. The molecule has 0 spiro atoms. The Bertz CT molecular complexity index is 508. The van der Waals surface area contributed by atoms with E-state index in [0.29, 0.717) is 0 Å². The molecule has 0 saturated carbocycles. The Balaban J connectivity index is 1.72. The van der Waals surface area contributed by atoms with Crippen LogP contribution < -0.4 is 5.73 Å². The molecular weight excluding hydrogens is 216 g/mol. The van der Waals surface area contributed by atoms with Crippen LogP contribution in [0.2, 0.25) is 0 Å². The summed E-state index contributed by atoms with van der Waals surface area (Å²) >= 11 is 0. The molecule has 2 aromatic heterocycles. The van der Waals surface area contributed by atoms with Crippen LogP contribution in [-0.2, 0) is 19.5 Å². The Morgan fingerprint density at radius 3 is 3.18 bits per heavy atom. The number of nitrogen functional groups attached to an aromatic ring is 1. The van der Waals surface area contributed by atoms with Crippen LogP contribution in [-0.4, -0.2) is 21.4 Å². The molecular formula is C12H14N4O. The SMILES string of the molecule is Nc1nc2c(o1)CCN(Cc1ccccn1)C2. The topological polar surface area (TPSA) is 68.2 Å². The second-order valence-electron chi connectivity index (χ2n) is 4.20. The number of anilines is 1. The van der Waals surface area contributed by atoms with E-state index in [2.05, 4.69) is 14.9 Å². The second kappa shape index (κ2) is 4.18. The van der Waals surface area contributed by atoms with Crippen molar-refractivity contribution >= 4 is 6.01 Å². The van der Waals surface area contributed by atoms with Gasteiger partial charge in [-0.1, -0.05) is 6.07 Å². The molecule has 2 aromatic rings. The summed E-state index contributed by atoms with van der Waals surface area (Å²) in [5.74, 6) is 0.930. The van der Waals surface area contributed by atoms with Gasteiger partial charge in [0.1, 0.15) is 5.76 Å². The summed E-state index contributed by atoms with van der Waals surface area (Å²) in [6.07, 6.45) is 2.69. The lowest BCUT2D eigenvalue weighted by molar-refractivity contribution is 0.229. The lowest BCUT2D eigenvalue weighted by Gasteiger charge is -2.24. The fourth-order valence-corrected chi connectivity index (χ4v) is 2.13. The van der Waals surface area contributed by atoms with Gasteiger partial charge >= 0.3 is 0 Å². The first-order valence-corrected chi connectivity index (χ1v) is 5.67. The number of fused-ring (bicyclic) bond motifs is 1. The molecule has 0 saturated heterocycles. The number of oxazole rings is 1. The average Bonchev–Trinajstić information content (AvgIpc) is 2.70. The van der Waals surface area contributed by atoms with Gasteiger partial charge < -0.3 is 10.2 Å². The molecule has 1 aliphatic heterocycles. The molecule has 0 aromatic carbocycles. The van der Waals surface area contributed by atoms with Crippen molar-refractivity contribution in [3.05, 3.63) is 41.5 Å². The van der Waals surface area contributed by atoms with Crippen molar-refractivity contribution in [1.29, 1.82) is 0 Å². The molecule has 1 aliphatic rings. The van der Waals surface area contributed by atoms with Crippen molar-refractivity contribution in [2.75, 3.05) is 12.3 Å². The number of hydrogen-bond donors (Lipinski definition) is 1. The van der Waals surface area contributed by atoms with Crippen LogP contribution >= 0.6 is 0 Å². The van der Waals surface area contributed by atoms with E-state index >= 15 is 0 Å². The summed E-state index contributed by atoms with van der Waals surface area (Å²) in [6, 6.07) is 6.24. The van der Waals surface area contributed by atoms with Crippen LogP contribution in [0.25, 0.3) is 0 Å². The van der Waals surface area contributed by atoms with Gasteiger partial charge in [-0.2, -0.15) is 4.98 Å². The zero-order valence-corrected chi connectivity index (χ0v) is 9.47. The van der Waals surface area contributed by atoms with Crippen LogP contribution in [0.4, 0.5) is 6.01 Å². The summed E-state index contributed by atoms with van der Waals surface area (Å²) in [4.78, 5) is 10.8. The Morgan fingerprint density at radius 2 is 2.35 bits per heavy atom. The minimum atomic E-state index is 0.273. The van der Waals surface area contributed by atoms with E-state index in [0.717, 1.165) is 43.2 Å². The average molecular weight is 230 g/mol. The first-order chi connectivity index (χ1) is 8.31. The zero-order valence-electron chi connectivity index (χ0n) is 9.47. The molecule has 0 bridgehead atoms. The fourth-order valence-electron chi connectivity index (χ4n) is 2.13. The predicted octanol–water partition coefficient (Wildman–Crippen LogP) is 1.21. The molecule has 0 atom stereocenters. The highest BCUT2D eigenvalue weighted by molar-refractivity contribution is 5.22. The number of aromatic nitrogens is 2. The molecule has 0 fully saturated rings. The summed E-state index contributed by atoms with van der Waals surface area (Å²) in [6.45, 7) is 2.58. The van der Waals surface area contributed by atoms with Gasteiger partial charge in [0.05, 0.1) is 11.4 Å². The van der Waals surface area contributed by atoms with E-state index in [1.165, 1.54) is 0 Å². The van der Waals surface area contributed by atoms with E-state index in [9.17, 15) is 0 Å². The van der Waals surface area contributed by atoms with Crippen molar-refractivity contribution in [3.63, 3.8) is 0 Å². The standard InChI is InChI=1S/C12H14N4O/c13-12-15-10-8-16(6-4-11(10)17-12)7-9-3-1-2-5-14-9/h1-3,5H,4,6-8H2,(H2,13,15). The van der Waals surface area contributed by atoms with Gasteiger partial charge in [-0.3, -0.25) is 9.88 Å². The van der Waals surface area contributed by atoms with E-state index in [1.54, 1.807) is 0 Å². The normalized spacial score (nSPS) is 15.8. The third kappa shape index (κ3) is 2.14. The van der Waals surface area contributed by atoms with Crippen molar-refractivity contribution in [1.82, 2.24) is 14.9 Å². The molecule has 17 heavy (non-hydrogen) atoms. The molecule has 0 aliphatic carbocycles. The number of nitrogens with two attached hydrogens (primary N) is 1. The highest BCUT2D eigenvalue weighted by atomic mass is 16.4. The first kappa shape index (κ1) is 10.3. The van der Waals surface area contributed by atoms with Gasteiger partial charge in [0.25, 0.3) is 6.01 Å². The lowest BCUT2D eigenvalue weighted by Crippen LogP contribution is -2.30. The molecule has 0 amide bonds. The predicted molar refractivity (Wildman–Crippen MR) is 63.0 cm³/mol. The van der Waals surface area contributed by atoms with Crippen molar-refractivity contribution in [2.45, 2.75) is 19.5 Å². The summed E-state index contributed by atoms with van der Waals surface area (Å²) in [5.41, 5.74) is 7.59. The van der Waals surface area contributed by atoms with Crippen LogP contribution in [0, 0.1) is 0 Å². The second-order valence-corrected chi connectivity index (χ2v) is 4.20. The summed E-state index contributed by atoms with van der Waals surface area (Å²) < 4.78 is 5.33. The number of hydrogen-bond acceptors (Lipinski definition) is 5. The molecule has 0 radical (unpaired) electrons. The third-order valence-electron chi connectivity index (χ3n) is 2.94. The van der Waals surface area contributed by atoms with Crippen LogP contribution in [0.1, 0.15) is 17.1 Å². The zero-order chi connectivity index (χ0) is 11.7. The van der Waals surface area contributed by atoms with Gasteiger partial charge in [-0.05, 0) is 12.1 Å². The van der Waals surface area contributed by atoms with Crippen molar-refractivity contribution < 1.29 is 4.42 Å². The molecule has 5 heteroatoms.